The molecule has 0 spiro atoms. The summed E-state index contributed by atoms with van der Waals surface area (Å²) in [6.45, 7) is 0. The molecule has 1 aromatic rings. The van der Waals surface area contributed by atoms with Crippen molar-refractivity contribution in [1.82, 2.24) is 0 Å². The summed E-state index contributed by atoms with van der Waals surface area (Å²) in [6, 6.07) is 7.97. The number of hydrogen-bond acceptors (Lipinski definition) is 1. The standard InChI is InChI=1S/C12H12O/c1-2-9-7-8-10-5-3-4-6-11(10)12(9)13/h1,3-6,9,12-13H,7-8H2/t9-,12-/m1/s1. The largest absolute Gasteiger partial charge is 0.387 e. The van der Waals surface area contributed by atoms with Gasteiger partial charge in [0.25, 0.3) is 0 Å². The highest BCUT2D eigenvalue weighted by atomic mass is 16.3. The van der Waals surface area contributed by atoms with E-state index in [2.05, 4.69) is 12.0 Å². The second-order valence-corrected chi connectivity index (χ2v) is 3.46. The lowest BCUT2D eigenvalue weighted by molar-refractivity contribution is 0.122. The van der Waals surface area contributed by atoms with Crippen molar-refractivity contribution >= 4 is 0 Å². The molecule has 1 aliphatic carbocycles. The molecule has 0 aliphatic heterocycles. The molecule has 0 heterocycles. The van der Waals surface area contributed by atoms with Crippen LogP contribution in [-0.2, 0) is 6.42 Å². The second kappa shape index (κ2) is 3.24. The molecule has 1 aromatic carbocycles. The minimum Gasteiger partial charge on any atom is -0.387 e. The van der Waals surface area contributed by atoms with Gasteiger partial charge in [-0.2, -0.15) is 0 Å². The molecule has 0 amide bonds. The number of aliphatic hydroxyl groups is 1. The highest BCUT2D eigenvalue weighted by molar-refractivity contribution is 5.33. The molecule has 0 bridgehead atoms. The number of aryl methyl sites for hydroxylation is 1. The Bertz CT molecular complexity index is 348. The Morgan fingerprint density at radius 1 is 1.38 bits per heavy atom. The molecule has 1 aliphatic rings. The van der Waals surface area contributed by atoms with Gasteiger partial charge in [-0.25, -0.2) is 0 Å². The quantitative estimate of drug-likeness (QED) is 0.593. The maximum absolute atomic E-state index is 9.88. The van der Waals surface area contributed by atoms with Gasteiger partial charge in [0.05, 0.1) is 12.0 Å². The molecule has 0 radical (unpaired) electrons. The predicted molar refractivity (Wildman–Crippen MR) is 52.0 cm³/mol. The SMILES string of the molecule is C#C[C@@H]1CCc2ccccc2[C@@H]1O. The summed E-state index contributed by atoms with van der Waals surface area (Å²) in [5.74, 6) is 2.64. The van der Waals surface area contributed by atoms with Gasteiger partial charge in [-0.1, -0.05) is 24.3 Å². The summed E-state index contributed by atoms with van der Waals surface area (Å²) in [6.07, 6.45) is 6.76. The summed E-state index contributed by atoms with van der Waals surface area (Å²) >= 11 is 0. The van der Waals surface area contributed by atoms with Crippen molar-refractivity contribution in [3.63, 3.8) is 0 Å². The third-order valence-electron chi connectivity index (χ3n) is 2.69. The Hall–Kier alpha value is -1.26. The lowest BCUT2D eigenvalue weighted by Gasteiger charge is -2.26. The van der Waals surface area contributed by atoms with E-state index in [1.54, 1.807) is 0 Å². The first-order chi connectivity index (χ1) is 6.33. The van der Waals surface area contributed by atoms with Crippen LogP contribution in [0.25, 0.3) is 0 Å². The van der Waals surface area contributed by atoms with E-state index in [9.17, 15) is 5.11 Å². The predicted octanol–water partition coefficient (Wildman–Crippen LogP) is 1.92. The zero-order valence-electron chi connectivity index (χ0n) is 7.40. The molecule has 0 unspecified atom stereocenters. The molecule has 1 nitrogen and oxygen atoms in total. The third-order valence-corrected chi connectivity index (χ3v) is 2.69. The van der Waals surface area contributed by atoms with E-state index in [0.717, 1.165) is 18.4 Å². The van der Waals surface area contributed by atoms with Gasteiger partial charge in [-0.3, -0.25) is 0 Å². The van der Waals surface area contributed by atoms with Gasteiger partial charge in [-0.05, 0) is 24.0 Å². The minimum absolute atomic E-state index is 0.00472. The molecule has 2 atom stereocenters. The summed E-state index contributed by atoms with van der Waals surface area (Å²) < 4.78 is 0. The van der Waals surface area contributed by atoms with Crippen molar-refractivity contribution in [1.29, 1.82) is 0 Å². The van der Waals surface area contributed by atoms with E-state index < -0.39 is 6.10 Å². The smallest absolute Gasteiger partial charge is 0.0930 e. The second-order valence-electron chi connectivity index (χ2n) is 3.46. The van der Waals surface area contributed by atoms with Crippen LogP contribution in [0.4, 0.5) is 0 Å². The summed E-state index contributed by atoms with van der Waals surface area (Å²) in [5.41, 5.74) is 2.25. The van der Waals surface area contributed by atoms with Gasteiger partial charge >= 0.3 is 0 Å². The van der Waals surface area contributed by atoms with E-state index in [0.29, 0.717) is 0 Å². The van der Waals surface area contributed by atoms with Crippen LogP contribution in [-0.4, -0.2) is 5.11 Å². The van der Waals surface area contributed by atoms with Gasteiger partial charge < -0.3 is 5.11 Å². The number of terminal acetylenes is 1. The van der Waals surface area contributed by atoms with Gasteiger partial charge in [0.2, 0.25) is 0 Å². The lowest BCUT2D eigenvalue weighted by Crippen LogP contribution is -2.18. The summed E-state index contributed by atoms with van der Waals surface area (Å²) in [5, 5.41) is 9.88. The molecule has 13 heavy (non-hydrogen) atoms. The Labute approximate surface area is 78.4 Å². The van der Waals surface area contributed by atoms with Crippen molar-refractivity contribution in [3.8, 4) is 12.3 Å². The Morgan fingerprint density at radius 3 is 2.92 bits per heavy atom. The molecule has 0 saturated heterocycles. The van der Waals surface area contributed by atoms with Crippen LogP contribution >= 0.6 is 0 Å². The molecule has 0 aromatic heterocycles. The topological polar surface area (TPSA) is 20.2 Å². The van der Waals surface area contributed by atoms with Crippen molar-refractivity contribution in [2.75, 3.05) is 0 Å². The van der Waals surface area contributed by atoms with Crippen LogP contribution in [0.2, 0.25) is 0 Å². The van der Waals surface area contributed by atoms with E-state index in [1.807, 2.05) is 18.2 Å². The first kappa shape index (κ1) is 8.34. The normalized spacial score (nSPS) is 26.2. The number of benzene rings is 1. The van der Waals surface area contributed by atoms with Gasteiger partial charge in [0.1, 0.15) is 0 Å². The van der Waals surface area contributed by atoms with Crippen molar-refractivity contribution < 1.29 is 5.11 Å². The van der Waals surface area contributed by atoms with Gasteiger partial charge in [-0.15, -0.1) is 12.3 Å². The first-order valence-corrected chi connectivity index (χ1v) is 4.55. The first-order valence-electron chi connectivity index (χ1n) is 4.55. The van der Waals surface area contributed by atoms with Crippen LogP contribution in [0.1, 0.15) is 23.7 Å². The van der Waals surface area contributed by atoms with Crippen molar-refractivity contribution in [2.24, 2.45) is 5.92 Å². The third kappa shape index (κ3) is 1.34. The Morgan fingerprint density at radius 2 is 2.15 bits per heavy atom. The van der Waals surface area contributed by atoms with Gasteiger partial charge in [0.15, 0.2) is 0 Å². The molecule has 0 fully saturated rings. The summed E-state index contributed by atoms with van der Waals surface area (Å²) in [7, 11) is 0. The maximum Gasteiger partial charge on any atom is 0.0930 e. The van der Waals surface area contributed by atoms with Crippen LogP contribution in [0.15, 0.2) is 24.3 Å². The molecular weight excluding hydrogens is 160 g/mol. The molecule has 1 N–H and O–H groups in total. The number of hydrogen-bond donors (Lipinski definition) is 1. The number of rotatable bonds is 0. The zero-order valence-corrected chi connectivity index (χ0v) is 7.40. The molecular formula is C12H12O. The molecule has 66 valence electrons. The highest BCUT2D eigenvalue weighted by Gasteiger charge is 2.25. The van der Waals surface area contributed by atoms with Crippen LogP contribution in [0.5, 0.6) is 0 Å². The fourth-order valence-electron chi connectivity index (χ4n) is 1.91. The van der Waals surface area contributed by atoms with E-state index in [-0.39, 0.29) is 5.92 Å². The van der Waals surface area contributed by atoms with Crippen molar-refractivity contribution in [2.45, 2.75) is 18.9 Å². The monoisotopic (exact) mass is 172 g/mol. The highest BCUT2D eigenvalue weighted by Crippen LogP contribution is 2.33. The average molecular weight is 172 g/mol. The summed E-state index contributed by atoms with van der Waals surface area (Å²) in [4.78, 5) is 0. The maximum atomic E-state index is 9.88. The number of fused-ring (bicyclic) bond motifs is 1. The van der Waals surface area contributed by atoms with Crippen LogP contribution in [0, 0.1) is 18.3 Å². The fourth-order valence-corrected chi connectivity index (χ4v) is 1.91. The van der Waals surface area contributed by atoms with Crippen LogP contribution in [0.3, 0.4) is 0 Å². The van der Waals surface area contributed by atoms with E-state index >= 15 is 0 Å². The molecule has 2 rings (SSSR count). The molecule has 1 heteroatoms. The van der Waals surface area contributed by atoms with E-state index in [4.69, 9.17) is 6.42 Å². The Balaban J connectivity index is 2.40. The Kier molecular flexibility index (Phi) is 2.08. The lowest BCUT2D eigenvalue weighted by atomic mass is 9.82. The van der Waals surface area contributed by atoms with Crippen LogP contribution < -0.4 is 0 Å². The average Bonchev–Trinajstić information content (AvgIpc) is 2.19. The van der Waals surface area contributed by atoms with Gasteiger partial charge in [0, 0.05) is 0 Å². The fraction of sp³-hybridized carbons (Fsp3) is 0.333. The zero-order chi connectivity index (χ0) is 9.26. The van der Waals surface area contributed by atoms with Crippen molar-refractivity contribution in [3.05, 3.63) is 35.4 Å². The minimum atomic E-state index is -0.463. The van der Waals surface area contributed by atoms with E-state index in [1.165, 1.54) is 5.56 Å². The molecule has 0 saturated carbocycles. The number of aliphatic hydroxyl groups excluding tert-OH is 1.